The molecule has 1 N–H and O–H groups in total. The van der Waals surface area contributed by atoms with Gasteiger partial charge < -0.3 is 23.8 Å². The number of likely N-dealkylation sites (N-methyl/N-ethyl adjacent to an activating group) is 1. The fourth-order valence-corrected chi connectivity index (χ4v) is 5.07. The lowest BCUT2D eigenvalue weighted by molar-refractivity contribution is -0.887. The van der Waals surface area contributed by atoms with Gasteiger partial charge >= 0.3 is 17.9 Å². The Morgan fingerprint density at radius 3 is 1.61 bits per heavy atom. The van der Waals surface area contributed by atoms with Crippen molar-refractivity contribution in [3.63, 3.8) is 0 Å². The third kappa shape index (κ3) is 35.4. The molecule has 0 fully saturated rings. The molecule has 0 heterocycles. The van der Waals surface area contributed by atoms with E-state index in [0.29, 0.717) is 19.3 Å². The van der Waals surface area contributed by atoms with Crippen molar-refractivity contribution in [2.75, 3.05) is 41.0 Å². The fourth-order valence-electron chi connectivity index (χ4n) is 5.07. The molecule has 0 bridgehead atoms. The van der Waals surface area contributed by atoms with E-state index in [9.17, 15) is 19.5 Å². The predicted molar refractivity (Wildman–Crippen MR) is 233 cm³/mol. The number of carbonyl (C=O) groups excluding carboxylic acids is 2. The molecule has 2 atom stereocenters. The molecule has 0 saturated carbocycles. The summed E-state index contributed by atoms with van der Waals surface area (Å²) >= 11 is 0. The lowest BCUT2D eigenvalue weighted by atomic mass is 10.1. The summed E-state index contributed by atoms with van der Waals surface area (Å²) in [6, 6.07) is -0.640. The third-order valence-electron chi connectivity index (χ3n) is 8.21. The molecule has 0 aliphatic rings. The molecule has 0 aromatic heterocycles. The van der Waals surface area contributed by atoms with Gasteiger partial charge in [0.05, 0.1) is 34.4 Å². The third-order valence-corrected chi connectivity index (χ3v) is 8.21. The first kappa shape index (κ1) is 51.7. The zero-order valence-corrected chi connectivity index (χ0v) is 35.3. The van der Waals surface area contributed by atoms with Crippen molar-refractivity contribution in [3.8, 4) is 0 Å². The van der Waals surface area contributed by atoms with E-state index in [-0.39, 0.29) is 49.1 Å². The number of carbonyl (C=O) groups is 3. The topological polar surface area (TPSA) is 99.1 Å². The molecular weight excluding hydrogens is 703 g/mol. The van der Waals surface area contributed by atoms with Gasteiger partial charge in [-0.05, 0) is 70.6 Å². The van der Waals surface area contributed by atoms with Gasteiger partial charge in [0.15, 0.2) is 12.1 Å². The van der Waals surface area contributed by atoms with E-state index in [1.165, 1.54) is 0 Å². The van der Waals surface area contributed by atoms with Crippen LogP contribution in [0.15, 0.2) is 122 Å². The highest BCUT2D eigenvalue weighted by molar-refractivity contribution is 5.72. The van der Waals surface area contributed by atoms with Crippen LogP contribution in [0.3, 0.4) is 0 Å². The Labute approximate surface area is 340 Å². The second kappa shape index (κ2) is 37.6. The monoisotopic (exact) mass is 777 g/mol. The van der Waals surface area contributed by atoms with Gasteiger partial charge in [-0.1, -0.05) is 142 Å². The number of hydrogen-bond acceptors (Lipinski definition) is 6. The quantitative estimate of drug-likeness (QED) is 0.0228. The normalized spacial score (nSPS) is 14.2. The van der Waals surface area contributed by atoms with E-state index < -0.39 is 18.1 Å². The molecule has 0 rings (SSSR count). The molecule has 0 aromatic carbocycles. The lowest BCUT2D eigenvalue weighted by Gasteiger charge is -2.31. The lowest BCUT2D eigenvalue weighted by Crippen LogP contribution is -2.50. The van der Waals surface area contributed by atoms with Gasteiger partial charge in [-0.2, -0.15) is 0 Å². The van der Waals surface area contributed by atoms with E-state index in [4.69, 9.17) is 14.2 Å². The zero-order chi connectivity index (χ0) is 41.4. The predicted octanol–water partition coefficient (Wildman–Crippen LogP) is 11.1. The summed E-state index contributed by atoms with van der Waals surface area (Å²) in [4.78, 5) is 36.9. The molecule has 0 aliphatic heterocycles. The van der Waals surface area contributed by atoms with Crippen LogP contribution < -0.4 is 0 Å². The summed E-state index contributed by atoms with van der Waals surface area (Å²) in [5, 5.41) is 9.60. The highest BCUT2D eigenvalue weighted by Gasteiger charge is 2.31. The molecule has 2 unspecified atom stereocenters. The molecule has 0 saturated heterocycles. The first-order chi connectivity index (χ1) is 27.1. The molecule has 312 valence electrons. The van der Waals surface area contributed by atoms with Crippen molar-refractivity contribution >= 4 is 17.9 Å². The van der Waals surface area contributed by atoms with Gasteiger partial charge in [0.25, 0.3) is 0 Å². The van der Waals surface area contributed by atoms with Gasteiger partial charge in [-0.15, -0.1) is 0 Å². The molecule has 0 spiro atoms. The van der Waals surface area contributed by atoms with Crippen molar-refractivity contribution in [2.24, 2.45) is 0 Å². The average molecular weight is 777 g/mol. The number of carboxylic acids is 1. The van der Waals surface area contributed by atoms with Crippen LogP contribution in [0.4, 0.5) is 0 Å². The SMILES string of the molecule is CC/C=C/C=C/C=C/C=C/CCCCCC(=O)OC(COCCC(C(=O)O)[N+](C)(C)C)COC(=O)CC/C=C/C/C=C/C/C=C/C/C=C/C/C=C/C/C=C/CC. The van der Waals surface area contributed by atoms with E-state index in [2.05, 4.69) is 86.8 Å². The minimum absolute atomic E-state index is 0.0119. The Morgan fingerprint density at radius 2 is 1.07 bits per heavy atom. The molecule has 0 amide bonds. The second-order valence-corrected chi connectivity index (χ2v) is 14.2. The number of carboxylic acid groups (broad SMARTS) is 1. The first-order valence-corrected chi connectivity index (χ1v) is 20.6. The summed E-state index contributed by atoms with van der Waals surface area (Å²) < 4.78 is 17.1. The van der Waals surface area contributed by atoms with Crippen LogP contribution in [0, 0.1) is 0 Å². The number of nitrogens with zero attached hydrogens (tertiary/aromatic N) is 1. The molecule has 0 radical (unpaired) electrons. The van der Waals surface area contributed by atoms with Crippen LogP contribution in [-0.2, 0) is 28.6 Å². The maximum absolute atomic E-state index is 12.7. The maximum atomic E-state index is 12.7. The largest absolute Gasteiger partial charge is 0.477 e. The van der Waals surface area contributed by atoms with Gasteiger partial charge in [-0.3, -0.25) is 9.59 Å². The minimum Gasteiger partial charge on any atom is -0.477 e. The van der Waals surface area contributed by atoms with Crippen LogP contribution >= 0.6 is 0 Å². The summed E-state index contributed by atoms with van der Waals surface area (Å²) in [7, 11) is 5.47. The number of unbranched alkanes of at least 4 members (excludes halogenated alkanes) is 3. The second-order valence-electron chi connectivity index (χ2n) is 14.2. The van der Waals surface area contributed by atoms with Gasteiger partial charge in [0.1, 0.15) is 6.61 Å². The Bertz CT molecular complexity index is 1320. The molecular formula is C48H74NO7+. The smallest absolute Gasteiger partial charge is 0.362 e. The van der Waals surface area contributed by atoms with Crippen LogP contribution in [-0.4, -0.2) is 80.6 Å². The number of quaternary nitrogens is 1. The van der Waals surface area contributed by atoms with Crippen molar-refractivity contribution in [1.82, 2.24) is 0 Å². The van der Waals surface area contributed by atoms with Crippen LogP contribution in [0.25, 0.3) is 0 Å². The van der Waals surface area contributed by atoms with Crippen molar-refractivity contribution in [1.29, 1.82) is 0 Å². The van der Waals surface area contributed by atoms with Gasteiger partial charge in [-0.25, -0.2) is 4.79 Å². The minimum atomic E-state index is -0.899. The molecule has 0 aliphatic carbocycles. The maximum Gasteiger partial charge on any atom is 0.362 e. The summed E-state index contributed by atoms with van der Waals surface area (Å²) in [6.45, 7) is 4.31. The Hall–Kier alpha value is -4.27. The number of hydrogen-bond donors (Lipinski definition) is 1. The van der Waals surface area contributed by atoms with Crippen molar-refractivity contribution in [3.05, 3.63) is 122 Å². The number of allylic oxidation sites excluding steroid dienone is 20. The Morgan fingerprint density at radius 1 is 0.554 bits per heavy atom. The summed E-state index contributed by atoms with van der Waals surface area (Å²) in [5.74, 6) is -1.65. The molecule has 56 heavy (non-hydrogen) atoms. The Kier molecular flexibility index (Phi) is 34.8. The summed E-state index contributed by atoms with van der Waals surface area (Å²) in [5.41, 5.74) is 0. The van der Waals surface area contributed by atoms with Crippen LogP contribution in [0.5, 0.6) is 0 Å². The number of rotatable bonds is 34. The molecule has 0 aromatic rings. The van der Waals surface area contributed by atoms with E-state index in [1.807, 2.05) is 69.8 Å². The van der Waals surface area contributed by atoms with Crippen molar-refractivity contribution < 1.29 is 38.2 Å². The molecule has 8 heteroatoms. The fraction of sp³-hybridized carbons (Fsp3) is 0.521. The number of esters is 2. The average Bonchev–Trinajstić information content (AvgIpc) is 3.15. The van der Waals surface area contributed by atoms with E-state index in [1.54, 1.807) is 0 Å². The molecule has 8 nitrogen and oxygen atoms in total. The van der Waals surface area contributed by atoms with Crippen LogP contribution in [0.1, 0.15) is 110 Å². The first-order valence-electron chi connectivity index (χ1n) is 20.6. The summed E-state index contributed by atoms with van der Waals surface area (Å²) in [6.07, 6.45) is 52.6. The highest BCUT2D eigenvalue weighted by Crippen LogP contribution is 2.11. The van der Waals surface area contributed by atoms with E-state index >= 15 is 0 Å². The number of aliphatic carboxylic acids is 1. The Balaban J connectivity index is 4.58. The van der Waals surface area contributed by atoms with Gasteiger partial charge in [0.2, 0.25) is 0 Å². The van der Waals surface area contributed by atoms with Crippen LogP contribution in [0.2, 0.25) is 0 Å². The zero-order valence-electron chi connectivity index (χ0n) is 35.3. The van der Waals surface area contributed by atoms with Crippen molar-refractivity contribution in [2.45, 2.75) is 122 Å². The number of ether oxygens (including phenoxy) is 3. The van der Waals surface area contributed by atoms with E-state index in [0.717, 1.165) is 64.2 Å². The highest BCUT2D eigenvalue weighted by atomic mass is 16.6. The standard InChI is InChI=1S/C48H73NO7/c1-6-8-10-12-14-16-18-20-21-22-23-24-25-27-28-30-32-34-36-38-46(50)55-43-44(42-54-41-40-45(48(52)53)49(3,4)5)56-47(51)39-37-35-33-31-29-26-19-17-15-13-11-9-7-2/h8-11,13-17,19-21,23-24,26-29,32,34,44-45H,6-7,12,18,22,25,30-31,33,35-43H2,1-5H3/p+1/b10-8+,11-9+,15-13+,16-14+,19-17+,21-20+,24-23+,28-27+,29-26+,34-32+. The van der Waals surface area contributed by atoms with Gasteiger partial charge in [0, 0.05) is 19.3 Å².